The zero-order valence-corrected chi connectivity index (χ0v) is 15.3. The van der Waals surface area contributed by atoms with Gasteiger partial charge in [-0.2, -0.15) is 13.2 Å². The summed E-state index contributed by atoms with van der Waals surface area (Å²) in [4.78, 5) is 9.98. The molecular formula is C17H24ClF3N4O. The molecule has 0 amide bonds. The maximum Gasteiger partial charge on any atom is 0.433 e. The van der Waals surface area contributed by atoms with E-state index in [1.165, 1.54) is 19.0 Å². The number of rotatable bonds is 4. The van der Waals surface area contributed by atoms with Crippen LogP contribution in [0, 0.1) is 11.8 Å². The molecular weight excluding hydrogens is 369 g/mol. The highest BCUT2D eigenvalue weighted by molar-refractivity contribution is 5.85. The molecule has 0 unspecified atom stereocenters. The van der Waals surface area contributed by atoms with Crippen LogP contribution in [0.4, 0.5) is 19.1 Å². The van der Waals surface area contributed by atoms with Gasteiger partial charge in [0, 0.05) is 37.4 Å². The molecule has 5 nitrogen and oxygen atoms in total. The molecule has 0 spiro atoms. The summed E-state index contributed by atoms with van der Waals surface area (Å²) < 4.78 is 45.7. The zero-order valence-electron chi connectivity index (χ0n) is 14.5. The molecule has 26 heavy (non-hydrogen) atoms. The third-order valence-corrected chi connectivity index (χ3v) is 5.68. The number of anilines is 1. The highest BCUT2D eigenvalue weighted by atomic mass is 35.5. The molecule has 1 saturated heterocycles. The van der Waals surface area contributed by atoms with E-state index in [0.29, 0.717) is 38.1 Å². The standard InChI is InChI=1S/C17H23F3N4O.ClH/c18-17(19,20)15-13(10-24-3-5-25-6-4-24)9-21-16(23-15)22-14-8-11-1-2-12(14)7-11;/h9,11-12,14H,1-8,10H2,(H,21,22,23);1H/t11-,12+,14+;/m0./s1. The minimum atomic E-state index is -4.48. The number of ether oxygens (including phenoxy) is 1. The fourth-order valence-electron chi connectivity index (χ4n) is 4.42. The van der Waals surface area contributed by atoms with Crippen molar-refractivity contribution >= 4 is 18.4 Å². The molecule has 0 aromatic carbocycles. The van der Waals surface area contributed by atoms with Crippen molar-refractivity contribution in [3.8, 4) is 0 Å². The van der Waals surface area contributed by atoms with E-state index in [1.807, 2.05) is 4.90 Å². The van der Waals surface area contributed by atoms with E-state index in [2.05, 4.69) is 15.3 Å². The Morgan fingerprint density at radius 3 is 2.58 bits per heavy atom. The van der Waals surface area contributed by atoms with Crippen LogP contribution in [0.5, 0.6) is 0 Å². The number of hydrogen-bond acceptors (Lipinski definition) is 5. The van der Waals surface area contributed by atoms with Crippen LogP contribution in [0.15, 0.2) is 6.20 Å². The molecule has 1 N–H and O–H groups in total. The van der Waals surface area contributed by atoms with Crippen LogP contribution in [-0.2, 0) is 17.5 Å². The van der Waals surface area contributed by atoms with Crippen molar-refractivity contribution in [1.82, 2.24) is 14.9 Å². The number of aromatic nitrogens is 2. The molecule has 4 rings (SSSR count). The van der Waals surface area contributed by atoms with Gasteiger partial charge in [0.1, 0.15) is 0 Å². The van der Waals surface area contributed by atoms with Crippen LogP contribution in [0.2, 0.25) is 0 Å². The van der Waals surface area contributed by atoms with E-state index in [0.717, 1.165) is 12.8 Å². The first kappa shape index (κ1) is 19.6. The Kier molecular flexibility index (Phi) is 5.94. The third-order valence-electron chi connectivity index (χ3n) is 5.68. The normalized spacial score (nSPS) is 28.8. The van der Waals surface area contributed by atoms with E-state index < -0.39 is 11.9 Å². The molecule has 2 saturated carbocycles. The van der Waals surface area contributed by atoms with Gasteiger partial charge in [0.2, 0.25) is 5.95 Å². The van der Waals surface area contributed by atoms with E-state index in [1.54, 1.807) is 0 Å². The molecule has 9 heteroatoms. The average Bonchev–Trinajstić information content (AvgIpc) is 3.19. The van der Waals surface area contributed by atoms with Gasteiger partial charge >= 0.3 is 6.18 Å². The maximum absolute atomic E-state index is 13.5. The van der Waals surface area contributed by atoms with E-state index in [4.69, 9.17) is 4.74 Å². The van der Waals surface area contributed by atoms with Crippen LogP contribution in [0.25, 0.3) is 0 Å². The number of nitrogens with one attached hydrogen (secondary N) is 1. The number of nitrogens with zero attached hydrogens (tertiary/aromatic N) is 3. The first-order chi connectivity index (χ1) is 12.0. The summed E-state index contributed by atoms with van der Waals surface area (Å²) in [5.41, 5.74) is -0.687. The molecule has 3 fully saturated rings. The number of hydrogen-bond donors (Lipinski definition) is 1. The highest BCUT2D eigenvalue weighted by Crippen LogP contribution is 2.45. The van der Waals surface area contributed by atoms with Crippen molar-refractivity contribution in [1.29, 1.82) is 0 Å². The average molecular weight is 393 g/mol. The van der Waals surface area contributed by atoms with E-state index in [9.17, 15) is 13.2 Å². The molecule has 1 aromatic heterocycles. The van der Waals surface area contributed by atoms with Gasteiger partial charge < -0.3 is 10.1 Å². The third kappa shape index (κ3) is 4.23. The fraction of sp³-hybridized carbons (Fsp3) is 0.765. The predicted molar refractivity (Wildman–Crippen MR) is 93.2 cm³/mol. The summed E-state index contributed by atoms with van der Waals surface area (Å²) in [5, 5.41) is 3.16. The van der Waals surface area contributed by atoms with Gasteiger partial charge in [-0.25, -0.2) is 9.97 Å². The lowest BCUT2D eigenvalue weighted by Gasteiger charge is -2.27. The minimum absolute atomic E-state index is 0. The summed E-state index contributed by atoms with van der Waals surface area (Å²) in [6.45, 7) is 2.55. The van der Waals surface area contributed by atoms with Crippen molar-refractivity contribution in [2.45, 2.75) is 44.4 Å². The molecule has 0 radical (unpaired) electrons. The quantitative estimate of drug-likeness (QED) is 0.851. The molecule has 3 aliphatic rings. The van der Waals surface area contributed by atoms with Gasteiger partial charge in [0.25, 0.3) is 0 Å². The van der Waals surface area contributed by atoms with E-state index in [-0.39, 0.29) is 36.5 Å². The first-order valence-electron chi connectivity index (χ1n) is 8.99. The summed E-state index contributed by atoms with van der Waals surface area (Å²) in [6.07, 6.45) is 1.46. The summed E-state index contributed by atoms with van der Waals surface area (Å²) >= 11 is 0. The van der Waals surface area contributed by atoms with Crippen LogP contribution in [0.3, 0.4) is 0 Å². The van der Waals surface area contributed by atoms with Crippen molar-refractivity contribution in [3.63, 3.8) is 0 Å². The van der Waals surface area contributed by atoms with Crippen molar-refractivity contribution in [2.75, 3.05) is 31.6 Å². The van der Waals surface area contributed by atoms with Crippen LogP contribution < -0.4 is 5.32 Å². The second-order valence-corrected chi connectivity index (χ2v) is 7.38. The lowest BCUT2D eigenvalue weighted by Crippen LogP contribution is -2.36. The van der Waals surface area contributed by atoms with Crippen molar-refractivity contribution < 1.29 is 17.9 Å². The monoisotopic (exact) mass is 392 g/mol. The Labute approximate surface area is 157 Å². The number of fused-ring (bicyclic) bond motifs is 2. The SMILES string of the molecule is Cl.FC(F)(F)c1nc(N[C@@H]2C[C@H]3CC[C@@H]2C3)ncc1CN1CCOCC1. The topological polar surface area (TPSA) is 50.3 Å². The van der Waals surface area contributed by atoms with Gasteiger partial charge in [-0.3, -0.25) is 4.90 Å². The van der Waals surface area contributed by atoms with Gasteiger partial charge in [-0.15, -0.1) is 12.4 Å². The molecule has 2 aliphatic carbocycles. The second-order valence-electron chi connectivity index (χ2n) is 7.38. The number of morpholine rings is 1. The second kappa shape index (κ2) is 7.86. The molecule has 3 atom stereocenters. The Balaban J connectivity index is 0.00000196. The smallest absolute Gasteiger partial charge is 0.379 e. The maximum atomic E-state index is 13.5. The Morgan fingerprint density at radius 1 is 1.19 bits per heavy atom. The van der Waals surface area contributed by atoms with Crippen LogP contribution in [-0.4, -0.2) is 47.2 Å². The Morgan fingerprint density at radius 2 is 1.96 bits per heavy atom. The van der Waals surface area contributed by atoms with Gasteiger partial charge in [-0.1, -0.05) is 6.42 Å². The number of alkyl halides is 3. The van der Waals surface area contributed by atoms with Crippen LogP contribution in [0.1, 0.15) is 36.9 Å². The van der Waals surface area contributed by atoms with Crippen molar-refractivity contribution in [3.05, 3.63) is 17.5 Å². The first-order valence-corrected chi connectivity index (χ1v) is 8.99. The largest absolute Gasteiger partial charge is 0.433 e. The summed E-state index contributed by atoms with van der Waals surface area (Å²) in [7, 11) is 0. The lowest BCUT2D eigenvalue weighted by molar-refractivity contribution is -0.142. The molecule has 2 heterocycles. The Bertz CT molecular complexity index is 625. The molecule has 1 aromatic rings. The zero-order chi connectivity index (χ0) is 17.4. The fourth-order valence-corrected chi connectivity index (χ4v) is 4.42. The highest BCUT2D eigenvalue weighted by Gasteiger charge is 2.41. The lowest BCUT2D eigenvalue weighted by atomic mass is 9.95. The molecule has 1 aliphatic heterocycles. The van der Waals surface area contributed by atoms with Crippen molar-refractivity contribution in [2.24, 2.45) is 11.8 Å². The summed E-state index contributed by atoms with van der Waals surface area (Å²) in [6, 6.07) is 0.213. The summed E-state index contributed by atoms with van der Waals surface area (Å²) in [5.74, 6) is 1.37. The molecule has 2 bridgehead atoms. The number of halogens is 4. The minimum Gasteiger partial charge on any atom is -0.379 e. The van der Waals surface area contributed by atoms with Gasteiger partial charge in [-0.05, 0) is 31.1 Å². The van der Waals surface area contributed by atoms with Crippen LogP contribution >= 0.6 is 12.4 Å². The van der Waals surface area contributed by atoms with Gasteiger partial charge in [0.15, 0.2) is 5.69 Å². The van der Waals surface area contributed by atoms with Gasteiger partial charge in [0.05, 0.1) is 13.2 Å². The molecule has 146 valence electrons. The van der Waals surface area contributed by atoms with E-state index >= 15 is 0 Å². The Hall–Kier alpha value is -1.12. The predicted octanol–water partition coefficient (Wildman–Crippen LogP) is 3.35.